The van der Waals surface area contributed by atoms with Crippen molar-refractivity contribution < 1.29 is 23.6 Å². The summed E-state index contributed by atoms with van der Waals surface area (Å²) in [6, 6.07) is 5.48. The highest BCUT2D eigenvalue weighted by atomic mass is 79.9. The molecule has 1 saturated heterocycles. The van der Waals surface area contributed by atoms with Crippen LogP contribution in [0, 0.1) is 11.8 Å². The maximum Gasteiger partial charge on any atom is 0.251 e. The fraction of sp³-hybridized carbons (Fsp3) is 0.621. The van der Waals surface area contributed by atoms with Crippen molar-refractivity contribution in [2.75, 3.05) is 19.8 Å². The minimum Gasteiger partial charge on any atom is -0.370 e. The van der Waals surface area contributed by atoms with Crippen LogP contribution in [-0.2, 0) is 14.4 Å². The van der Waals surface area contributed by atoms with Gasteiger partial charge in [0.2, 0.25) is 5.91 Å². The van der Waals surface area contributed by atoms with Gasteiger partial charge < -0.3 is 21.7 Å². The van der Waals surface area contributed by atoms with E-state index in [-0.39, 0.29) is 42.9 Å². The lowest BCUT2D eigenvalue weighted by Crippen LogP contribution is -2.52. The average molecular weight is 623 g/mol. The Balaban J connectivity index is 1.72. The van der Waals surface area contributed by atoms with Crippen LogP contribution < -0.4 is 16.8 Å². The molecule has 2 fully saturated rings. The molecule has 1 aromatic rings. The molecule has 220 valence electrons. The van der Waals surface area contributed by atoms with E-state index in [1.54, 1.807) is 29.2 Å². The molecule has 40 heavy (non-hydrogen) atoms. The molecule has 2 aliphatic rings. The first-order chi connectivity index (χ1) is 19.2. The number of alkyl halides is 1. The lowest BCUT2D eigenvalue weighted by Gasteiger charge is -2.32. The molecule has 0 bridgehead atoms. The third kappa shape index (κ3) is 9.38. The summed E-state index contributed by atoms with van der Waals surface area (Å²) in [4.78, 5) is 58.1. The zero-order valence-electron chi connectivity index (χ0n) is 23.0. The van der Waals surface area contributed by atoms with Crippen LogP contribution in [0.2, 0.25) is 0 Å². The number of benzene rings is 1. The molecule has 0 aromatic heterocycles. The molecule has 0 radical (unpaired) electrons. The number of rotatable bonds is 14. The van der Waals surface area contributed by atoms with Crippen LogP contribution in [0.3, 0.4) is 0 Å². The van der Waals surface area contributed by atoms with Crippen molar-refractivity contribution >= 4 is 45.3 Å². The van der Waals surface area contributed by atoms with Crippen LogP contribution in [0.15, 0.2) is 33.7 Å². The van der Waals surface area contributed by atoms with E-state index in [1.165, 1.54) is 6.42 Å². The summed E-state index contributed by atoms with van der Waals surface area (Å²) in [6.45, 7) is -0.475. The first-order valence-electron chi connectivity index (χ1n) is 14.2. The standard InChI is InChI=1S/C29H41BrFN5O4/c30-22-12-10-20(11-13-22)27(39)35-23(16-19-6-2-1-3-7-19)28(40)36-15-5-9-24(36)25(37)17-21(26(38)18-31)8-4-14-34-29(32)33/h10-13,19,21,23-24H,1-9,14-18H2,(H,35,39)(H4,32,33,34)/t21-,23+,24+/m1/s1. The number of amides is 2. The van der Waals surface area contributed by atoms with E-state index in [9.17, 15) is 23.6 Å². The minimum absolute atomic E-state index is 0.0699. The van der Waals surface area contributed by atoms with Gasteiger partial charge in [-0.25, -0.2) is 4.39 Å². The van der Waals surface area contributed by atoms with Crippen LogP contribution in [0.25, 0.3) is 0 Å². The van der Waals surface area contributed by atoms with Gasteiger partial charge in [-0.15, -0.1) is 0 Å². The molecule has 2 amide bonds. The second-order valence-electron chi connectivity index (χ2n) is 10.9. The molecule has 9 nitrogen and oxygen atoms in total. The topological polar surface area (TPSA) is 148 Å². The number of carbonyl (C=O) groups excluding carboxylic acids is 4. The largest absolute Gasteiger partial charge is 0.370 e. The molecule has 5 N–H and O–H groups in total. The monoisotopic (exact) mass is 621 g/mol. The summed E-state index contributed by atoms with van der Waals surface area (Å²) in [5, 5.41) is 2.95. The van der Waals surface area contributed by atoms with Gasteiger partial charge >= 0.3 is 0 Å². The van der Waals surface area contributed by atoms with Gasteiger partial charge in [-0.3, -0.25) is 24.2 Å². The Kier molecular flexibility index (Phi) is 12.5. The molecule has 0 unspecified atom stereocenters. The number of likely N-dealkylation sites (tertiary alicyclic amines) is 1. The number of aliphatic imine (C=N–C) groups is 1. The average Bonchev–Trinajstić information content (AvgIpc) is 3.44. The second kappa shape index (κ2) is 15.8. The van der Waals surface area contributed by atoms with Gasteiger partial charge in [0.15, 0.2) is 17.5 Å². The molecule has 1 heterocycles. The number of nitrogens with one attached hydrogen (secondary N) is 1. The van der Waals surface area contributed by atoms with E-state index in [0.29, 0.717) is 43.7 Å². The Labute approximate surface area is 243 Å². The Morgan fingerprint density at radius 3 is 2.40 bits per heavy atom. The highest BCUT2D eigenvalue weighted by Gasteiger charge is 2.39. The van der Waals surface area contributed by atoms with Crippen molar-refractivity contribution in [1.82, 2.24) is 10.2 Å². The number of halogens is 2. The van der Waals surface area contributed by atoms with Gasteiger partial charge in [-0.05, 0) is 62.3 Å². The van der Waals surface area contributed by atoms with Crippen LogP contribution in [0.4, 0.5) is 4.39 Å². The number of hydrogen-bond acceptors (Lipinski definition) is 5. The summed E-state index contributed by atoms with van der Waals surface area (Å²) in [6.07, 6.45) is 7.60. The first-order valence-corrected chi connectivity index (χ1v) is 15.0. The van der Waals surface area contributed by atoms with Crippen molar-refractivity contribution in [3.8, 4) is 0 Å². The van der Waals surface area contributed by atoms with Crippen molar-refractivity contribution in [3.63, 3.8) is 0 Å². The van der Waals surface area contributed by atoms with Gasteiger partial charge in [0.25, 0.3) is 5.91 Å². The molecule has 3 atom stereocenters. The van der Waals surface area contributed by atoms with Crippen LogP contribution in [0.1, 0.15) is 81.0 Å². The highest BCUT2D eigenvalue weighted by Crippen LogP contribution is 2.30. The number of nitrogens with zero attached hydrogens (tertiary/aromatic N) is 2. The van der Waals surface area contributed by atoms with Crippen molar-refractivity contribution in [2.45, 2.75) is 82.7 Å². The fourth-order valence-corrected chi connectivity index (χ4v) is 6.06. The van der Waals surface area contributed by atoms with Gasteiger partial charge in [0.05, 0.1) is 6.04 Å². The third-order valence-electron chi connectivity index (χ3n) is 7.95. The summed E-state index contributed by atoms with van der Waals surface area (Å²) >= 11 is 3.37. The Bertz CT molecular complexity index is 1060. The lowest BCUT2D eigenvalue weighted by atomic mass is 9.84. The molecular weight excluding hydrogens is 581 g/mol. The van der Waals surface area contributed by atoms with E-state index in [4.69, 9.17) is 11.5 Å². The predicted molar refractivity (Wildman–Crippen MR) is 155 cm³/mol. The SMILES string of the molecule is NC(N)=NCCC[C@H](CC(=O)[C@@H]1CCCN1C(=O)[C@H](CC1CCCCC1)NC(=O)c1ccc(Br)cc1)C(=O)CF. The molecule has 1 aliphatic carbocycles. The van der Waals surface area contributed by atoms with E-state index in [1.807, 2.05) is 0 Å². The number of ketones is 2. The number of guanidine groups is 1. The molecule has 1 saturated carbocycles. The van der Waals surface area contributed by atoms with E-state index in [0.717, 1.165) is 30.2 Å². The lowest BCUT2D eigenvalue weighted by molar-refractivity contribution is -0.140. The second-order valence-corrected chi connectivity index (χ2v) is 11.8. The molecule has 1 aromatic carbocycles. The minimum atomic E-state index is -1.15. The fourth-order valence-electron chi connectivity index (χ4n) is 5.80. The summed E-state index contributed by atoms with van der Waals surface area (Å²) in [7, 11) is 0. The number of nitrogens with two attached hydrogens (primary N) is 2. The van der Waals surface area contributed by atoms with Crippen LogP contribution >= 0.6 is 15.9 Å². The smallest absolute Gasteiger partial charge is 0.251 e. The summed E-state index contributed by atoms with van der Waals surface area (Å²) in [5.74, 6) is -2.03. The highest BCUT2D eigenvalue weighted by molar-refractivity contribution is 9.10. The zero-order chi connectivity index (χ0) is 29.1. The number of Topliss-reactive ketones (excluding diaryl/α,β-unsaturated/α-hetero) is 2. The van der Waals surface area contributed by atoms with Crippen molar-refractivity contribution in [3.05, 3.63) is 34.3 Å². The van der Waals surface area contributed by atoms with Crippen molar-refractivity contribution in [1.29, 1.82) is 0 Å². The van der Waals surface area contributed by atoms with Gasteiger partial charge in [-0.1, -0.05) is 48.0 Å². The maximum atomic E-state index is 13.9. The van der Waals surface area contributed by atoms with Crippen LogP contribution in [0.5, 0.6) is 0 Å². The van der Waals surface area contributed by atoms with Gasteiger partial charge in [0.1, 0.15) is 12.7 Å². The molecule has 3 rings (SSSR count). The molecule has 11 heteroatoms. The number of carbonyl (C=O) groups is 4. The summed E-state index contributed by atoms with van der Waals surface area (Å²) < 4.78 is 14.1. The quantitative estimate of drug-likeness (QED) is 0.164. The predicted octanol–water partition coefficient (Wildman–Crippen LogP) is 3.68. The van der Waals surface area contributed by atoms with E-state index >= 15 is 0 Å². The first kappa shape index (κ1) is 31.7. The normalized spacial score (nSPS) is 19.1. The Morgan fingerprint density at radius 1 is 1.05 bits per heavy atom. The zero-order valence-corrected chi connectivity index (χ0v) is 24.5. The van der Waals surface area contributed by atoms with Crippen LogP contribution in [-0.4, -0.2) is 66.1 Å². The van der Waals surface area contributed by atoms with Crippen molar-refractivity contribution in [2.24, 2.45) is 28.3 Å². The van der Waals surface area contributed by atoms with E-state index < -0.39 is 30.5 Å². The molecule has 1 aliphatic heterocycles. The Morgan fingerprint density at radius 2 is 1.75 bits per heavy atom. The Hall–Kier alpha value is -2.82. The summed E-state index contributed by atoms with van der Waals surface area (Å²) in [5.41, 5.74) is 11.1. The maximum absolute atomic E-state index is 13.9. The third-order valence-corrected chi connectivity index (χ3v) is 8.48. The van der Waals surface area contributed by atoms with E-state index in [2.05, 4.69) is 26.2 Å². The molecular formula is C29H41BrFN5O4. The number of hydrogen-bond donors (Lipinski definition) is 3. The molecule has 0 spiro atoms. The van der Waals surface area contributed by atoms with Gasteiger partial charge in [-0.2, -0.15) is 0 Å². The van der Waals surface area contributed by atoms with Gasteiger partial charge in [0, 0.05) is 35.5 Å².